The van der Waals surface area contributed by atoms with Gasteiger partial charge in [0.05, 0.1) is 17.2 Å². The first kappa shape index (κ1) is 16.2. The average molecular weight is 303 g/mol. The lowest BCUT2D eigenvalue weighted by Gasteiger charge is -2.19. The molecule has 2 atom stereocenters. The van der Waals surface area contributed by atoms with Crippen molar-refractivity contribution in [3.8, 4) is 0 Å². The molecule has 2 rings (SSSR count). The van der Waals surface area contributed by atoms with E-state index in [1.807, 2.05) is 13.8 Å². The number of imide groups is 1. The van der Waals surface area contributed by atoms with Crippen LogP contribution in [0, 0.1) is 5.92 Å². The molecule has 6 heteroatoms. The summed E-state index contributed by atoms with van der Waals surface area (Å²) < 4.78 is 0. The zero-order valence-corrected chi connectivity index (χ0v) is 12.8. The molecule has 1 aromatic rings. The van der Waals surface area contributed by atoms with Crippen molar-refractivity contribution in [2.75, 3.05) is 13.1 Å². The fourth-order valence-corrected chi connectivity index (χ4v) is 2.36. The first-order valence-corrected chi connectivity index (χ1v) is 7.45. The van der Waals surface area contributed by atoms with Crippen LogP contribution in [0.2, 0.25) is 0 Å². The number of nitrogens with two attached hydrogens (primary N) is 1. The molecule has 3 N–H and O–H groups in total. The van der Waals surface area contributed by atoms with Crippen LogP contribution in [0.25, 0.3) is 0 Å². The smallest absolute Gasteiger partial charge is 0.261 e. The molecule has 0 spiro atoms. The van der Waals surface area contributed by atoms with Gasteiger partial charge in [-0.1, -0.05) is 32.4 Å². The predicted octanol–water partition coefficient (Wildman–Crippen LogP) is 0.772. The highest BCUT2D eigenvalue weighted by molar-refractivity contribution is 6.21. The topological polar surface area (TPSA) is 92.5 Å². The summed E-state index contributed by atoms with van der Waals surface area (Å²) in [6, 6.07) is 6.13. The third kappa shape index (κ3) is 3.01. The van der Waals surface area contributed by atoms with Crippen molar-refractivity contribution >= 4 is 17.7 Å². The quantitative estimate of drug-likeness (QED) is 0.759. The number of carbonyl (C=O) groups excluding carboxylic acids is 3. The molecule has 0 aromatic heterocycles. The van der Waals surface area contributed by atoms with Crippen molar-refractivity contribution < 1.29 is 14.4 Å². The van der Waals surface area contributed by atoms with Gasteiger partial charge in [0.25, 0.3) is 11.8 Å². The molecule has 1 aliphatic heterocycles. The van der Waals surface area contributed by atoms with Gasteiger partial charge in [-0.05, 0) is 18.1 Å². The molecule has 0 saturated carbocycles. The number of benzene rings is 1. The Kier molecular flexibility index (Phi) is 4.92. The van der Waals surface area contributed by atoms with Gasteiger partial charge in [0.15, 0.2) is 0 Å². The molecular formula is C16H21N3O3. The number of nitrogens with zero attached hydrogens (tertiary/aromatic N) is 1. The molecule has 6 nitrogen and oxygen atoms in total. The second-order valence-electron chi connectivity index (χ2n) is 5.51. The van der Waals surface area contributed by atoms with Gasteiger partial charge >= 0.3 is 0 Å². The standard InChI is InChI=1S/C16H21N3O3/c1-3-10(2)13(17)14(20)18-8-9-19-15(21)11-6-4-5-7-12(11)16(19)22/h4-7,10,13H,3,8-9,17H2,1-2H3,(H,18,20). The minimum Gasteiger partial charge on any atom is -0.353 e. The van der Waals surface area contributed by atoms with E-state index in [2.05, 4.69) is 5.32 Å². The predicted molar refractivity (Wildman–Crippen MR) is 82.2 cm³/mol. The van der Waals surface area contributed by atoms with Gasteiger partial charge < -0.3 is 11.1 Å². The Balaban J connectivity index is 1.90. The number of rotatable bonds is 6. The van der Waals surface area contributed by atoms with Crippen molar-refractivity contribution in [3.05, 3.63) is 35.4 Å². The Morgan fingerprint density at radius 3 is 2.27 bits per heavy atom. The summed E-state index contributed by atoms with van der Waals surface area (Å²) in [5.74, 6) is -0.813. The van der Waals surface area contributed by atoms with Gasteiger partial charge in [0, 0.05) is 13.1 Å². The summed E-state index contributed by atoms with van der Waals surface area (Å²) in [5, 5.41) is 2.68. The molecule has 0 radical (unpaired) electrons. The SMILES string of the molecule is CCC(C)C(N)C(=O)NCCN1C(=O)c2ccccc2C1=O. The van der Waals surface area contributed by atoms with E-state index in [0.717, 1.165) is 11.3 Å². The summed E-state index contributed by atoms with van der Waals surface area (Å²) in [6.07, 6.45) is 0.812. The van der Waals surface area contributed by atoms with Crippen LogP contribution in [0.5, 0.6) is 0 Å². The number of nitrogens with one attached hydrogen (secondary N) is 1. The molecule has 3 amide bonds. The molecule has 2 unspecified atom stereocenters. The Bertz CT molecular complexity index is 565. The third-order valence-corrected chi connectivity index (χ3v) is 4.07. The van der Waals surface area contributed by atoms with E-state index in [9.17, 15) is 14.4 Å². The van der Waals surface area contributed by atoms with Crippen molar-refractivity contribution in [2.45, 2.75) is 26.3 Å². The van der Waals surface area contributed by atoms with Crippen LogP contribution < -0.4 is 11.1 Å². The summed E-state index contributed by atoms with van der Waals surface area (Å²) in [4.78, 5) is 37.3. The molecule has 0 aliphatic carbocycles. The Hall–Kier alpha value is -2.21. The number of hydrogen-bond acceptors (Lipinski definition) is 4. The monoisotopic (exact) mass is 303 g/mol. The van der Waals surface area contributed by atoms with Gasteiger partial charge in [0.2, 0.25) is 5.91 Å². The number of fused-ring (bicyclic) bond motifs is 1. The molecule has 118 valence electrons. The molecule has 1 aromatic carbocycles. The van der Waals surface area contributed by atoms with Crippen LogP contribution in [0.15, 0.2) is 24.3 Å². The molecule has 0 fully saturated rings. The van der Waals surface area contributed by atoms with Crippen LogP contribution in [0.4, 0.5) is 0 Å². The van der Waals surface area contributed by atoms with E-state index in [4.69, 9.17) is 5.73 Å². The first-order valence-electron chi connectivity index (χ1n) is 7.45. The molecule has 1 aliphatic rings. The van der Waals surface area contributed by atoms with Crippen LogP contribution in [0.3, 0.4) is 0 Å². The van der Waals surface area contributed by atoms with Gasteiger partial charge in [0.1, 0.15) is 0 Å². The highest BCUT2D eigenvalue weighted by Gasteiger charge is 2.34. The molecule has 0 bridgehead atoms. The fraction of sp³-hybridized carbons (Fsp3) is 0.438. The van der Waals surface area contributed by atoms with Crippen LogP contribution in [-0.4, -0.2) is 41.8 Å². The highest BCUT2D eigenvalue weighted by atomic mass is 16.2. The largest absolute Gasteiger partial charge is 0.353 e. The minimum atomic E-state index is -0.577. The second kappa shape index (κ2) is 6.70. The maximum Gasteiger partial charge on any atom is 0.261 e. The lowest BCUT2D eigenvalue weighted by molar-refractivity contribution is -0.123. The van der Waals surface area contributed by atoms with Crippen LogP contribution in [-0.2, 0) is 4.79 Å². The summed E-state index contributed by atoms with van der Waals surface area (Å²) in [7, 11) is 0. The van der Waals surface area contributed by atoms with Crippen LogP contribution >= 0.6 is 0 Å². The summed E-state index contributed by atoms with van der Waals surface area (Å²) in [5.41, 5.74) is 6.65. The van der Waals surface area contributed by atoms with Crippen molar-refractivity contribution in [1.82, 2.24) is 10.2 Å². The molecular weight excluding hydrogens is 282 g/mol. The van der Waals surface area contributed by atoms with Gasteiger partial charge in [-0.15, -0.1) is 0 Å². The van der Waals surface area contributed by atoms with Crippen LogP contribution in [0.1, 0.15) is 41.0 Å². The molecule has 1 heterocycles. The van der Waals surface area contributed by atoms with Crippen molar-refractivity contribution in [3.63, 3.8) is 0 Å². The van der Waals surface area contributed by atoms with E-state index in [-0.39, 0.29) is 36.7 Å². The Morgan fingerprint density at radius 1 is 1.23 bits per heavy atom. The van der Waals surface area contributed by atoms with Crippen molar-refractivity contribution in [2.24, 2.45) is 11.7 Å². The van der Waals surface area contributed by atoms with Gasteiger partial charge in [-0.2, -0.15) is 0 Å². The minimum absolute atomic E-state index is 0.0827. The maximum atomic E-state index is 12.1. The van der Waals surface area contributed by atoms with E-state index in [1.54, 1.807) is 24.3 Å². The van der Waals surface area contributed by atoms with E-state index in [1.165, 1.54) is 0 Å². The third-order valence-electron chi connectivity index (χ3n) is 4.07. The maximum absolute atomic E-state index is 12.1. The first-order chi connectivity index (χ1) is 10.5. The second-order valence-corrected chi connectivity index (χ2v) is 5.51. The number of amides is 3. The molecule has 22 heavy (non-hydrogen) atoms. The number of carbonyl (C=O) groups is 3. The number of hydrogen-bond donors (Lipinski definition) is 2. The summed E-state index contributed by atoms with van der Waals surface area (Å²) in [6.45, 7) is 4.23. The van der Waals surface area contributed by atoms with Gasteiger partial charge in [-0.3, -0.25) is 19.3 Å². The zero-order chi connectivity index (χ0) is 16.3. The lowest BCUT2D eigenvalue weighted by Crippen LogP contribution is -2.47. The van der Waals surface area contributed by atoms with E-state index >= 15 is 0 Å². The Morgan fingerprint density at radius 2 is 1.77 bits per heavy atom. The Labute approximate surface area is 129 Å². The highest BCUT2D eigenvalue weighted by Crippen LogP contribution is 2.21. The average Bonchev–Trinajstić information content (AvgIpc) is 2.78. The fourth-order valence-electron chi connectivity index (χ4n) is 2.36. The lowest BCUT2D eigenvalue weighted by atomic mass is 9.99. The van der Waals surface area contributed by atoms with Gasteiger partial charge in [-0.25, -0.2) is 0 Å². The molecule has 0 saturated heterocycles. The van der Waals surface area contributed by atoms with Crippen molar-refractivity contribution in [1.29, 1.82) is 0 Å². The van der Waals surface area contributed by atoms with E-state index < -0.39 is 6.04 Å². The normalized spacial score (nSPS) is 16.4. The summed E-state index contributed by atoms with van der Waals surface area (Å²) >= 11 is 0. The zero-order valence-electron chi connectivity index (χ0n) is 12.8. The van der Waals surface area contributed by atoms with E-state index in [0.29, 0.717) is 11.1 Å².